The Morgan fingerprint density at radius 3 is 2.55 bits per heavy atom. The Balaban J connectivity index is 1.70. The Bertz CT molecular complexity index is 436. The first kappa shape index (κ1) is 14.0. The zero-order valence-corrected chi connectivity index (χ0v) is 12.3. The van der Waals surface area contributed by atoms with Crippen LogP contribution < -0.4 is 5.32 Å². The van der Waals surface area contributed by atoms with Crippen molar-refractivity contribution < 1.29 is 4.39 Å². The van der Waals surface area contributed by atoms with E-state index in [0.717, 1.165) is 25.1 Å². The smallest absolute Gasteiger partial charge is 0.127 e. The van der Waals surface area contributed by atoms with E-state index in [9.17, 15) is 4.39 Å². The quantitative estimate of drug-likeness (QED) is 0.887. The molecular weight excluding hydrogens is 251 g/mol. The van der Waals surface area contributed by atoms with Gasteiger partial charge in [0.2, 0.25) is 0 Å². The summed E-state index contributed by atoms with van der Waals surface area (Å²) in [5.41, 5.74) is 0.840. The molecule has 0 radical (unpaired) electrons. The molecule has 3 heteroatoms. The highest BCUT2D eigenvalue weighted by molar-refractivity contribution is 5.17. The number of benzene rings is 1. The minimum absolute atomic E-state index is 0.0643. The van der Waals surface area contributed by atoms with Crippen LogP contribution in [-0.2, 0) is 6.54 Å². The third kappa shape index (κ3) is 3.04. The van der Waals surface area contributed by atoms with E-state index in [4.69, 9.17) is 0 Å². The molecule has 0 aliphatic carbocycles. The molecule has 0 aromatic heterocycles. The van der Waals surface area contributed by atoms with Gasteiger partial charge in [-0.15, -0.1) is 0 Å². The van der Waals surface area contributed by atoms with Crippen molar-refractivity contribution in [2.24, 2.45) is 0 Å². The second-order valence-corrected chi connectivity index (χ2v) is 6.32. The Kier molecular flexibility index (Phi) is 4.37. The highest BCUT2D eigenvalue weighted by atomic mass is 19.1. The van der Waals surface area contributed by atoms with Crippen molar-refractivity contribution in [1.82, 2.24) is 10.2 Å². The first-order valence-corrected chi connectivity index (χ1v) is 7.99. The number of rotatable bonds is 5. The number of nitrogens with one attached hydrogen (secondary N) is 1. The summed E-state index contributed by atoms with van der Waals surface area (Å²) < 4.78 is 13.9. The molecule has 3 rings (SSSR count). The first-order valence-electron chi connectivity index (χ1n) is 7.99. The van der Waals surface area contributed by atoms with E-state index in [1.54, 1.807) is 12.1 Å². The van der Waals surface area contributed by atoms with Gasteiger partial charge in [-0.05, 0) is 44.7 Å². The van der Waals surface area contributed by atoms with Crippen LogP contribution in [0.4, 0.5) is 4.39 Å². The van der Waals surface area contributed by atoms with Crippen molar-refractivity contribution in [1.29, 1.82) is 0 Å². The molecule has 2 aliphatic rings. The Labute approximate surface area is 121 Å². The Morgan fingerprint density at radius 1 is 1.20 bits per heavy atom. The summed E-state index contributed by atoms with van der Waals surface area (Å²) in [5.74, 6) is -0.0643. The number of hydrogen-bond donors (Lipinski definition) is 1. The van der Waals surface area contributed by atoms with E-state index < -0.39 is 0 Å². The zero-order valence-electron chi connectivity index (χ0n) is 12.3. The van der Waals surface area contributed by atoms with Gasteiger partial charge in [-0.1, -0.05) is 25.1 Å². The van der Waals surface area contributed by atoms with Crippen molar-refractivity contribution >= 4 is 0 Å². The molecule has 1 aromatic rings. The van der Waals surface area contributed by atoms with Gasteiger partial charge in [0.15, 0.2) is 0 Å². The molecule has 2 unspecified atom stereocenters. The largest absolute Gasteiger partial charge is 0.311 e. The van der Waals surface area contributed by atoms with Gasteiger partial charge in [0, 0.05) is 30.2 Å². The van der Waals surface area contributed by atoms with Crippen molar-refractivity contribution in [3.63, 3.8) is 0 Å². The van der Waals surface area contributed by atoms with Gasteiger partial charge in [0.25, 0.3) is 0 Å². The highest BCUT2D eigenvalue weighted by Gasteiger charge is 2.35. The van der Waals surface area contributed by atoms with Gasteiger partial charge in [0.1, 0.15) is 5.82 Å². The monoisotopic (exact) mass is 276 g/mol. The summed E-state index contributed by atoms with van der Waals surface area (Å²) in [7, 11) is 0. The van der Waals surface area contributed by atoms with Crippen molar-refractivity contribution in [3.05, 3.63) is 35.6 Å². The third-order valence-corrected chi connectivity index (χ3v) is 4.81. The lowest BCUT2D eigenvalue weighted by Gasteiger charge is -2.38. The van der Waals surface area contributed by atoms with Crippen LogP contribution in [0.2, 0.25) is 0 Å². The minimum Gasteiger partial charge on any atom is -0.311 e. The number of hydrogen-bond acceptors (Lipinski definition) is 2. The number of nitrogens with zero attached hydrogens (tertiary/aromatic N) is 1. The van der Waals surface area contributed by atoms with Gasteiger partial charge in [-0.25, -0.2) is 4.39 Å². The molecule has 2 saturated heterocycles. The molecule has 20 heavy (non-hydrogen) atoms. The normalized spacial score (nSPS) is 29.1. The van der Waals surface area contributed by atoms with E-state index in [2.05, 4.69) is 17.1 Å². The van der Waals surface area contributed by atoms with E-state index in [1.165, 1.54) is 25.7 Å². The molecule has 2 nitrogen and oxygen atoms in total. The third-order valence-electron chi connectivity index (χ3n) is 4.81. The molecule has 2 atom stereocenters. The Morgan fingerprint density at radius 2 is 1.90 bits per heavy atom. The topological polar surface area (TPSA) is 15.3 Å². The summed E-state index contributed by atoms with van der Waals surface area (Å²) in [6.45, 7) is 4.03. The van der Waals surface area contributed by atoms with Gasteiger partial charge >= 0.3 is 0 Å². The predicted octanol–water partition coefficient (Wildman–Crippen LogP) is 3.32. The summed E-state index contributed by atoms with van der Waals surface area (Å²) in [6.07, 6.45) is 6.23. The summed E-state index contributed by atoms with van der Waals surface area (Å²) in [5, 5.41) is 3.69. The second kappa shape index (κ2) is 6.23. The van der Waals surface area contributed by atoms with Crippen LogP contribution in [0.5, 0.6) is 0 Å². The Hall–Kier alpha value is -0.930. The van der Waals surface area contributed by atoms with Crippen molar-refractivity contribution in [3.8, 4) is 0 Å². The highest BCUT2D eigenvalue weighted by Crippen LogP contribution is 2.30. The van der Waals surface area contributed by atoms with Crippen LogP contribution in [0, 0.1) is 5.82 Å². The molecule has 2 fully saturated rings. The fraction of sp³-hybridized carbons (Fsp3) is 0.647. The zero-order chi connectivity index (χ0) is 13.9. The standard InChI is InChI=1S/C17H25FN2/c1-2-9-20(12-13-5-3-4-6-17(13)18)16-10-14-7-8-15(11-16)19-14/h3-6,14-16,19H,2,7-12H2,1H3. The molecule has 2 aliphatic heterocycles. The lowest BCUT2D eigenvalue weighted by molar-refractivity contribution is 0.132. The average Bonchev–Trinajstić information content (AvgIpc) is 2.79. The maximum atomic E-state index is 13.9. The minimum atomic E-state index is -0.0643. The fourth-order valence-electron chi connectivity index (χ4n) is 3.85. The van der Waals surface area contributed by atoms with Crippen LogP contribution >= 0.6 is 0 Å². The average molecular weight is 276 g/mol. The summed E-state index contributed by atoms with van der Waals surface area (Å²) in [6, 6.07) is 9.22. The fourth-order valence-corrected chi connectivity index (χ4v) is 3.85. The van der Waals surface area contributed by atoms with E-state index in [1.807, 2.05) is 12.1 Å². The molecular formula is C17H25FN2. The summed E-state index contributed by atoms with van der Waals surface area (Å²) >= 11 is 0. The van der Waals surface area contributed by atoms with Crippen LogP contribution in [0.1, 0.15) is 44.6 Å². The van der Waals surface area contributed by atoms with Crippen molar-refractivity contribution in [2.45, 2.75) is 63.7 Å². The number of halogens is 1. The molecule has 1 aromatic carbocycles. The van der Waals surface area contributed by atoms with Gasteiger partial charge < -0.3 is 5.32 Å². The molecule has 1 N–H and O–H groups in total. The molecule has 2 heterocycles. The van der Waals surface area contributed by atoms with E-state index in [-0.39, 0.29) is 5.82 Å². The summed E-state index contributed by atoms with van der Waals surface area (Å²) in [4.78, 5) is 2.50. The van der Waals surface area contributed by atoms with Gasteiger partial charge in [-0.2, -0.15) is 0 Å². The number of piperidine rings is 1. The predicted molar refractivity (Wildman–Crippen MR) is 80.1 cm³/mol. The molecule has 0 spiro atoms. The molecule has 0 saturated carbocycles. The first-order chi connectivity index (χ1) is 9.76. The second-order valence-electron chi connectivity index (χ2n) is 6.32. The van der Waals surface area contributed by atoms with Gasteiger partial charge in [-0.3, -0.25) is 4.90 Å². The molecule has 2 bridgehead atoms. The van der Waals surface area contributed by atoms with Crippen LogP contribution in [0.25, 0.3) is 0 Å². The number of fused-ring (bicyclic) bond motifs is 2. The lowest BCUT2D eigenvalue weighted by Crippen LogP contribution is -2.48. The van der Waals surface area contributed by atoms with E-state index in [0.29, 0.717) is 18.1 Å². The lowest BCUT2D eigenvalue weighted by atomic mass is 9.97. The van der Waals surface area contributed by atoms with Crippen LogP contribution in [0.3, 0.4) is 0 Å². The van der Waals surface area contributed by atoms with E-state index >= 15 is 0 Å². The maximum Gasteiger partial charge on any atom is 0.127 e. The maximum absolute atomic E-state index is 13.9. The molecule has 110 valence electrons. The van der Waals surface area contributed by atoms with Crippen molar-refractivity contribution in [2.75, 3.05) is 6.54 Å². The molecule has 0 amide bonds. The van der Waals surface area contributed by atoms with Crippen LogP contribution in [0.15, 0.2) is 24.3 Å². The van der Waals surface area contributed by atoms with Gasteiger partial charge in [0.05, 0.1) is 0 Å². The SMILES string of the molecule is CCCN(Cc1ccccc1F)C1CC2CCC(C1)N2. The van der Waals surface area contributed by atoms with Crippen LogP contribution in [-0.4, -0.2) is 29.6 Å².